The SMILES string of the molecule is COc1ccc(C=C(CC(=O)c2ccc(Cl)cc2)C(=O)O)cc1. The number of hydrogen-bond acceptors (Lipinski definition) is 3. The van der Waals surface area contributed by atoms with Crippen LogP contribution in [0.15, 0.2) is 54.1 Å². The molecule has 0 aliphatic carbocycles. The molecule has 0 fully saturated rings. The average Bonchev–Trinajstić information content (AvgIpc) is 2.55. The second-order valence-electron chi connectivity index (χ2n) is 4.85. The quantitative estimate of drug-likeness (QED) is 0.640. The Kier molecular flexibility index (Phi) is 5.55. The van der Waals surface area contributed by atoms with Crippen LogP contribution in [-0.4, -0.2) is 24.0 Å². The Balaban J connectivity index is 2.20. The van der Waals surface area contributed by atoms with E-state index in [1.165, 1.54) is 6.08 Å². The lowest BCUT2D eigenvalue weighted by Crippen LogP contribution is -2.08. The Labute approximate surface area is 139 Å². The molecule has 4 nitrogen and oxygen atoms in total. The van der Waals surface area contributed by atoms with Crippen LogP contribution >= 0.6 is 11.6 Å². The van der Waals surface area contributed by atoms with Crippen molar-refractivity contribution >= 4 is 29.4 Å². The standard InChI is InChI=1S/C18H15ClO4/c1-23-16-8-2-12(3-9-16)10-14(18(21)22)11-17(20)13-4-6-15(19)7-5-13/h2-10H,11H2,1H3,(H,21,22). The number of aliphatic carboxylic acids is 1. The molecule has 0 aliphatic heterocycles. The molecule has 0 bridgehead atoms. The highest BCUT2D eigenvalue weighted by atomic mass is 35.5. The van der Waals surface area contributed by atoms with Crippen molar-refractivity contribution in [2.75, 3.05) is 7.11 Å². The summed E-state index contributed by atoms with van der Waals surface area (Å²) in [6, 6.07) is 13.3. The van der Waals surface area contributed by atoms with Gasteiger partial charge in [0.15, 0.2) is 5.78 Å². The summed E-state index contributed by atoms with van der Waals surface area (Å²) in [6.07, 6.45) is 1.29. The van der Waals surface area contributed by atoms with Crippen LogP contribution in [0, 0.1) is 0 Å². The monoisotopic (exact) mass is 330 g/mol. The minimum Gasteiger partial charge on any atom is -0.497 e. The Bertz CT molecular complexity index is 731. The third-order valence-corrected chi connectivity index (χ3v) is 3.50. The van der Waals surface area contributed by atoms with Gasteiger partial charge in [-0.3, -0.25) is 4.79 Å². The van der Waals surface area contributed by atoms with Crippen molar-refractivity contribution in [3.8, 4) is 5.75 Å². The van der Waals surface area contributed by atoms with Crippen molar-refractivity contribution < 1.29 is 19.4 Å². The Morgan fingerprint density at radius 3 is 2.22 bits per heavy atom. The molecule has 0 spiro atoms. The lowest BCUT2D eigenvalue weighted by molar-refractivity contribution is -0.132. The first-order valence-electron chi connectivity index (χ1n) is 6.86. The van der Waals surface area contributed by atoms with Gasteiger partial charge in [0.25, 0.3) is 0 Å². The number of hydrogen-bond donors (Lipinski definition) is 1. The van der Waals surface area contributed by atoms with Crippen LogP contribution < -0.4 is 4.74 Å². The van der Waals surface area contributed by atoms with Gasteiger partial charge in [-0.1, -0.05) is 23.7 Å². The van der Waals surface area contributed by atoms with Gasteiger partial charge in [-0.15, -0.1) is 0 Å². The van der Waals surface area contributed by atoms with Crippen molar-refractivity contribution in [1.29, 1.82) is 0 Å². The molecule has 2 aromatic carbocycles. The van der Waals surface area contributed by atoms with E-state index in [1.54, 1.807) is 55.6 Å². The number of halogens is 1. The first-order valence-corrected chi connectivity index (χ1v) is 7.24. The zero-order valence-electron chi connectivity index (χ0n) is 12.5. The molecule has 0 aromatic heterocycles. The maximum Gasteiger partial charge on any atom is 0.332 e. The van der Waals surface area contributed by atoms with Crippen LogP contribution in [0.1, 0.15) is 22.3 Å². The number of methoxy groups -OCH3 is 1. The molecule has 0 saturated heterocycles. The van der Waals surface area contributed by atoms with Gasteiger partial charge < -0.3 is 9.84 Å². The summed E-state index contributed by atoms with van der Waals surface area (Å²) in [5, 5.41) is 9.83. The van der Waals surface area contributed by atoms with Crippen molar-refractivity contribution in [2.24, 2.45) is 0 Å². The summed E-state index contributed by atoms with van der Waals surface area (Å²) in [5.74, 6) is -0.719. The Morgan fingerprint density at radius 2 is 1.70 bits per heavy atom. The summed E-state index contributed by atoms with van der Waals surface area (Å²) in [6.45, 7) is 0. The summed E-state index contributed by atoms with van der Waals surface area (Å²) in [5.41, 5.74) is 1.14. The van der Waals surface area contributed by atoms with Crippen LogP contribution in [0.4, 0.5) is 0 Å². The van der Waals surface area contributed by atoms with Crippen molar-refractivity contribution in [3.05, 3.63) is 70.3 Å². The third kappa shape index (κ3) is 4.69. The van der Waals surface area contributed by atoms with E-state index >= 15 is 0 Å². The zero-order chi connectivity index (χ0) is 16.8. The highest BCUT2D eigenvalue weighted by Gasteiger charge is 2.14. The van der Waals surface area contributed by atoms with Crippen molar-refractivity contribution in [1.82, 2.24) is 0 Å². The number of benzene rings is 2. The molecule has 2 aromatic rings. The fraction of sp³-hybridized carbons (Fsp3) is 0.111. The molecule has 5 heteroatoms. The topological polar surface area (TPSA) is 63.6 Å². The van der Waals surface area contributed by atoms with Gasteiger partial charge in [-0.25, -0.2) is 4.79 Å². The van der Waals surface area contributed by atoms with Crippen LogP contribution in [0.25, 0.3) is 6.08 Å². The van der Waals surface area contributed by atoms with Gasteiger partial charge in [0, 0.05) is 22.6 Å². The summed E-state index contributed by atoms with van der Waals surface area (Å²) >= 11 is 5.78. The second kappa shape index (κ2) is 7.61. The number of carboxylic acids is 1. The molecule has 0 heterocycles. The molecule has 2 rings (SSSR count). The molecular weight excluding hydrogens is 316 g/mol. The lowest BCUT2D eigenvalue weighted by Gasteiger charge is -2.04. The third-order valence-electron chi connectivity index (χ3n) is 3.25. The van der Waals surface area contributed by atoms with Crippen molar-refractivity contribution in [2.45, 2.75) is 6.42 Å². The number of carbonyl (C=O) groups is 2. The largest absolute Gasteiger partial charge is 0.497 e. The summed E-state index contributed by atoms with van der Waals surface area (Å²) in [4.78, 5) is 23.6. The smallest absolute Gasteiger partial charge is 0.332 e. The number of carboxylic acid groups (broad SMARTS) is 1. The zero-order valence-corrected chi connectivity index (χ0v) is 13.2. The van der Waals surface area contributed by atoms with Gasteiger partial charge in [0.2, 0.25) is 0 Å². The molecule has 0 unspecified atom stereocenters. The predicted octanol–water partition coefficient (Wildman–Crippen LogP) is 4.09. The number of Topliss-reactive ketones (excluding diaryl/α,β-unsaturated/α-hetero) is 1. The normalized spacial score (nSPS) is 11.1. The first kappa shape index (κ1) is 16.8. The van der Waals surface area contributed by atoms with Crippen LogP contribution in [0.2, 0.25) is 5.02 Å². The van der Waals surface area contributed by atoms with Crippen LogP contribution in [-0.2, 0) is 4.79 Å². The van der Waals surface area contributed by atoms with Gasteiger partial charge >= 0.3 is 5.97 Å². The van der Waals surface area contributed by atoms with E-state index in [0.717, 1.165) is 0 Å². The minimum atomic E-state index is -1.12. The van der Waals surface area contributed by atoms with Crippen LogP contribution in [0.3, 0.4) is 0 Å². The molecule has 0 atom stereocenters. The minimum absolute atomic E-state index is 0.0233. The number of ether oxygens (including phenoxy) is 1. The van der Waals surface area contributed by atoms with E-state index in [4.69, 9.17) is 16.3 Å². The molecular formula is C18H15ClO4. The molecule has 0 aliphatic rings. The lowest BCUT2D eigenvalue weighted by atomic mass is 10.0. The molecule has 118 valence electrons. The molecule has 0 saturated carbocycles. The van der Waals surface area contributed by atoms with Gasteiger partial charge in [0.05, 0.1) is 7.11 Å². The maximum atomic E-state index is 12.2. The highest BCUT2D eigenvalue weighted by molar-refractivity contribution is 6.30. The second-order valence-corrected chi connectivity index (χ2v) is 5.29. The fourth-order valence-corrected chi connectivity index (χ4v) is 2.13. The van der Waals surface area contributed by atoms with E-state index in [-0.39, 0.29) is 17.8 Å². The van der Waals surface area contributed by atoms with Gasteiger partial charge in [-0.2, -0.15) is 0 Å². The van der Waals surface area contributed by atoms with E-state index < -0.39 is 5.97 Å². The average molecular weight is 331 g/mol. The summed E-state index contributed by atoms with van der Waals surface area (Å²) < 4.78 is 5.05. The van der Waals surface area contributed by atoms with E-state index in [1.807, 2.05) is 0 Å². The van der Waals surface area contributed by atoms with Gasteiger partial charge in [0.1, 0.15) is 5.75 Å². The predicted molar refractivity (Wildman–Crippen MR) is 89.0 cm³/mol. The van der Waals surface area contributed by atoms with Gasteiger partial charge in [-0.05, 0) is 48.0 Å². The fourth-order valence-electron chi connectivity index (χ4n) is 2.00. The molecule has 1 N–H and O–H groups in total. The number of rotatable bonds is 6. The summed E-state index contributed by atoms with van der Waals surface area (Å²) in [7, 11) is 1.55. The number of carbonyl (C=O) groups excluding carboxylic acids is 1. The van der Waals surface area contributed by atoms with E-state index in [0.29, 0.717) is 21.9 Å². The molecule has 0 amide bonds. The molecule has 23 heavy (non-hydrogen) atoms. The van der Waals surface area contributed by atoms with E-state index in [9.17, 15) is 14.7 Å². The Morgan fingerprint density at radius 1 is 1.09 bits per heavy atom. The first-order chi connectivity index (χ1) is 11.0. The molecule has 0 radical (unpaired) electrons. The maximum absolute atomic E-state index is 12.2. The van der Waals surface area contributed by atoms with E-state index in [2.05, 4.69) is 0 Å². The van der Waals surface area contributed by atoms with Crippen molar-refractivity contribution in [3.63, 3.8) is 0 Å². The van der Waals surface area contributed by atoms with Crippen LogP contribution in [0.5, 0.6) is 5.75 Å². The highest BCUT2D eigenvalue weighted by Crippen LogP contribution is 2.18. The Hall–Kier alpha value is -2.59. The number of ketones is 1.